The molecule has 2 rings (SSSR count). The Bertz CT molecular complexity index is 295. The van der Waals surface area contributed by atoms with E-state index >= 15 is 0 Å². The SMILES string of the molecule is CC.c1ccc2c(c1)=NCN=2. The third kappa shape index (κ3) is 1.64. The summed E-state index contributed by atoms with van der Waals surface area (Å²) in [6.45, 7) is 4.61. The van der Waals surface area contributed by atoms with Crippen molar-refractivity contribution in [1.82, 2.24) is 0 Å². The number of para-hydroxylation sites is 2. The zero-order valence-electron chi connectivity index (χ0n) is 6.91. The number of rotatable bonds is 0. The predicted octanol–water partition coefficient (Wildman–Crippen LogP) is 0.923. The molecule has 2 nitrogen and oxygen atoms in total. The summed E-state index contributed by atoms with van der Waals surface area (Å²) in [6, 6.07) is 7.91. The predicted molar refractivity (Wildman–Crippen MR) is 45.0 cm³/mol. The summed E-state index contributed by atoms with van der Waals surface area (Å²) >= 11 is 0. The van der Waals surface area contributed by atoms with Crippen LogP contribution < -0.4 is 10.7 Å². The maximum Gasteiger partial charge on any atom is 0.130 e. The second-order valence-electron chi connectivity index (χ2n) is 1.95. The molecule has 0 aliphatic carbocycles. The van der Waals surface area contributed by atoms with Gasteiger partial charge in [0.05, 0.1) is 10.7 Å². The second kappa shape index (κ2) is 3.86. The van der Waals surface area contributed by atoms with Crippen LogP contribution in [-0.4, -0.2) is 6.67 Å². The molecular weight excluding hydrogens is 136 g/mol. The molecule has 1 aromatic carbocycles. The van der Waals surface area contributed by atoms with E-state index in [2.05, 4.69) is 9.98 Å². The molecule has 0 radical (unpaired) electrons. The molecule has 2 heteroatoms. The Hall–Kier alpha value is -1.18. The first-order valence-corrected chi connectivity index (χ1v) is 3.91. The standard InChI is InChI=1S/C7H6N2.C2H6/c1-2-4-7-6(3-1)8-5-9-7;1-2/h1-4H,5H2;1-2H3. The van der Waals surface area contributed by atoms with Crippen LogP contribution in [0, 0.1) is 0 Å². The summed E-state index contributed by atoms with van der Waals surface area (Å²) in [5, 5.41) is 2.05. The van der Waals surface area contributed by atoms with Gasteiger partial charge >= 0.3 is 0 Å². The molecule has 0 atom stereocenters. The van der Waals surface area contributed by atoms with E-state index in [1.54, 1.807) is 0 Å². The first-order chi connectivity index (χ1) is 5.47. The van der Waals surface area contributed by atoms with Crippen LogP contribution in [0.15, 0.2) is 34.3 Å². The van der Waals surface area contributed by atoms with Gasteiger partial charge in [-0.1, -0.05) is 26.0 Å². The highest BCUT2D eigenvalue weighted by atomic mass is 15.0. The van der Waals surface area contributed by atoms with E-state index < -0.39 is 0 Å². The van der Waals surface area contributed by atoms with E-state index in [-0.39, 0.29) is 0 Å². The maximum atomic E-state index is 4.13. The van der Waals surface area contributed by atoms with Gasteiger partial charge in [0.2, 0.25) is 0 Å². The molecule has 58 valence electrons. The van der Waals surface area contributed by atoms with Gasteiger partial charge in [-0.05, 0) is 12.1 Å². The van der Waals surface area contributed by atoms with E-state index in [0.29, 0.717) is 6.67 Å². The number of benzene rings is 1. The summed E-state index contributed by atoms with van der Waals surface area (Å²) in [7, 11) is 0. The van der Waals surface area contributed by atoms with Gasteiger partial charge in [-0.15, -0.1) is 0 Å². The van der Waals surface area contributed by atoms with Crippen LogP contribution in [0.25, 0.3) is 0 Å². The average Bonchev–Trinajstić information content (AvgIpc) is 2.55. The van der Waals surface area contributed by atoms with Crippen LogP contribution >= 0.6 is 0 Å². The van der Waals surface area contributed by atoms with Gasteiger partial charge in [0.1, 0.15) is 6.67 Å². The lowest BCUT2D eigenvalue weighted by atomic mass is 10.3. The summed E-state index contributed by atoms with van der Waals surface area (Å²) in [6.07, 6.45) is 0. The quantitative estimate of drug-likeness (QED) is 0.522. The number of hydrogen-bond donors (Lipinski definition) is 0. The molecule has 0 bridgehead atoms. The van der Waals surface area contributed by atoms with Crippen LogP contribution in [-0.2, 0) is 0 Å². The van der Waals surface area contributed by atoms with Crippen LogP contribution in [0.1, 0.15) is 13.8 Å². The lowest BCUT2D eigenvalue weighted by Crippen LogP contribution is -2.19. The molecule has 0 N–H and O–H groups in total. The molecule has 1 heterocycles. The van der Waals surface area contributed by atoms with E-state index in [1.165, 1.54) is 0 Å². The molecular formula is C9H12N2. The van der Waals surface area contributed by atoms with E-state index in [0.717, 1.165) is 10.7 Å². The molecule has 0 amide bonds. The summed E-state index contributed by atoms with van der Waals surface area (Å²) in [4.78, 5) is 8.27. The molecule has 0 fully saturated rings. The largest absolute Gasteiger partial charge is 0.260 e. The van der Waals surface area contributed by atoms with Crippen molar-refractivity contribution in [2.24, 2.45) is 9.98 Å². The third-order valence-corrected chi connectivity index (χ3v) is 1.36. The van der Waals surface area contributed by atoms with Gasteiger partial charge < -0.3 is 0 Å². The van der Waals surface area contributed by atoms with Gasteiger partial charge in [-0.3, -0.25) is 9.98 Å². The fourth-order valence-corrected chi connectivity index (χ4v) is 0.919. The van der Waals surface area contributed by atoms with Crippen molar-refractivity contribution >= 4 is 0 Å². The molecule has 0 spiro atoms. The Morgan fingerprint density at radius 2 is 1.45 bits per heavy atom. The molecule has 1 aliphatic rings. The minimum absolute atomic E-state index is 0.610. The number of fused-ring (bicyclic) bond motifs is 1. The van der Waals surface area contributed by atoms with Crippen molar-refractivity contribution in [2.75, 3.05) is 6.67 Å². The Labute approximate surface area is 66.3 Å². The van der Waals surface area contributed by atoms with Gasteiger partial charge in [-0.2, -0.15) is 0 Å². The van der Waals surface area contributed by atoms with Crippen LogP contribution in [0.5, 0.6) is 0 Å². The van der Waals surface area contributed by atoms with Gasteiger partial charge in [-0.25, -0.2) is 0 Å². The topological polar surface area (TPSA) is 24.7 Å². The first-order valence-electron chi connectivity index (χ1n) is 3.91. The fraction of sp³-hybridized carbons (Fsp3) is 0.333. The van der Waals surface area contributed by atoms with Crippen molar-refractivity contribution in [2.45, 2.75) is 13.8 Å². The van der Waals surface area contributed by atoms with Crippen LogP contribution in [0.4, 0.5) is 0 Å². The molecule has 11 heavy (non-hydrogen) atoms. The lowest BCUT2D eigenvalue weighted by Gasteiger charge is -1.76. The Kier molecular flexibility index (Phi) is 2.78. The Morgan fingerprint density at radius 1 is 1.00 bits per heavy atom. The Morgan fingerprint density at radius 3 is 1.91 bits per heavy atom. The maximum absolute atomic E-state index is 4.13. The average molecular weight is 148 g/mol. The van der Waals surface area contributed by atoms with Crippen molar-refractivity contribution in [3.63, 3.8) is 0 Å². The molecule has 0 saturated carbocycles. The normalized spacial score (nSPS) is 11.8. The van der Waals surface area contributed by atoms with Crippen molar-refractivity contribution in [3.8, 4) is 0 Å². The summed E-state index contributed by atoms with van der Waals surface area (Å²) in [5.74, 6) is 0. The van der Waals surface area contributed by atoms with Crippen molar-refractivity contribution in [3.05, 3.63) is 35.0 Å². The molecule has 0 saturated heterocycles. The van der Waals surface area contributed by atoms with E-state index in [4.69, 9.17) is 0 Å². The monoisotopic (exact) mass is 148 g/mol. The smallest absolute Gasteiger partial charge is 0.130 e. The molecule has 0 aromatic heterocycles. The first kappa shape index (κ1) is 7.92. The molecule has 1 aliphatic heterocycles. The fourth-order valence-electron chi connectivity index (χ4n) is 0.919. The molecule has 0 unspecified atom stereocenters. The van der Waals surface area contributed by atoms with E-state index in [1.807, 2.05) is 38.1 Å². The zero-order chi connectivity index (χ0) is 8.10. The third-order valence-electron chi connectivity index (χ3n) is 1.36. The van der Waals surface area contributed by atoms with Gasteiger partial charge in [0.25, 0.3) is 0 Å². The summed E-state index contributed by atoms with van der Waals surface area (Å²) < 4.78 is 0. The van der Waals surface area contributed by atoms with Crippen LogP contribution in [0.3, 0.4) is 0 Å². The van der Waals surface area contributed by atoms with Crippen molar-refractivity contribution < 1.29 is 0 Å². The highest BCUT2D eigenvalue weighted by molar-refractivity contribution is 5.02. The van der Waals surface area contributed by atoms with Gasteiger partial charge in [0, 0.05) is 0 Å². The molecule has 1 aromatic rings. The highest BCUT2D eigenvalue weighted by Crippen LogP contribution is 1.77. The highest BCUT2D eigenvalue weighted by Gasteiger charge is 1.90. The van der Waals surface area contributed by atoms with Crippen LogP contribution in [0.2, 0.25) is 0 Å². The zero-order valence-corrected chi connectivity index (χ0v) is 6.91. The van der Waals surface area contributed by atoms with Gasteiger partial charge in [0.15, 0.2) is 0 Å². The van der Waals surface area contributed by atoms with Crippen molar-refractivity contribution in [1.29, 1.82) is 0 Å². The number of nitrogens with zero attached hydrogens (tertiary/aromatic N) is 2. The lowest BCUT2D eigenvalue weighted by molar-refractivity contribution is 1.06. The number of hydrogen-bond acceptors (Lipinski definition) is 2. The summed E-state index contributed by atoms with van der Waals surface area (Å²) in [5.41, 5.74) is 0. The second-order valence-corrected chi connectivity index (χ2v) is 1.95. The Balaban J connectivity index is 0.000000281. The minimum atomic E-state index is 0.610. The minimum Gasteiger partial charge on any atom is -0.260 e. The van der Waals surface area contributed by atoms with E-state index in [9.17, 15) is 0 Å².